The average Bonchev–Trinajstić information content (AvgIpc) is 2.45. The van der Waals surface area contributed by atoms with E-state index in [0.717, 1.165) is 13.0 Å². The molecule has 5 heteroatoms. The summed E-state index contributed by atoms with van der Waals surface area (Å²) in [7, 11) is 0. The summed E-state index contributed by atoms with van der Waals surface area (Å²) in [4.78, 5) is 26.0. The largest absolute Gasteiger partial charge is 0.338 e. The number of carbonyl (C=O) groups is 2. The van der Waals surface area contributed by atoms with E-state index in [9.17, 15) is 9.59 Å². The van der Waals surface area contributed by atoms with E-state index in [1.54, 1.807) is 0 Å². The summed E-state index contributed by atoms with van der Waals surface area (Å²) in [5.74, 6) is 0.109. The van der Waals surface area contributed by atoms with Crippen LogP contribution >= 0.6 is 0 Å². The topological polar surface area (TPSA) is 61.4 Å². The van der Waals surface area contributed by atoms with Gasteiger partial charge in [0.05, 0.1) is 6.04 Å². The Bertz CT molecular complexity index is 516. The summed E-state index contributed by atoms with van der Waals surface area (Å²) in [6, 6.07) is 9.70. The van der Waals surface area contributed by atoms with Gasteiger partial charge in [0.1, 0.15) is 0 Å². The normalized spacial score (nSPS) is 19.4. The van der Waals surface area contributed by atoms with E-state index in [1.165, 1.54) is 5.56 Å². The van der Waals surface area contributed by atoms with Crippen LogP contribution in [0.4, 0.5) is 4.79 Å². The molecular formula is C17H25N3O2. The van der Waals surface area contributed by atoms with E-state index < -0.39 is 6.03 Å². The number of urea groups is 1. The molecule has 2 atom stereocenters. The standard InChI is InChI=1S/C17H25N3O2/c1-12(2)11-18-17(22)19-16(21)13(3)20-10-9-15(20)14-7-5-4-6-8-14/h4-8,12-13,15H,9-11H2,1-3H3,(H2,18,19,21,22). The number of hydrogen-bond acceptors (Lipinski definition) is 3. The van der Waals surface area contributed by atoms with Crippen molar-refractivity contribution < 1.29 is 9.59 Å². The van der Waals surface area contributed by atoms with E-state index in [0.29, 0.717) is 12.5 Å². The second-order valence-corrected chi connectivity index (χ2v) is 6.22. The first kappa shape index (κ1) is 16.5. The van der Waals surface area contributed by atoms with Crippen molar-refractivity contribution in [2.45, 2.75) is 39.3 Å². The molecule has 0 radical (unpaired) electrons. The van der Waals surface area contributed by atoms with Gasteiger partial charge in [-0.05, 0) is 24.8 Å². The Hall–Kier alpha value is -1.88. The quantitative estimate of drug-likeness (QED) is 0.877. The molecule has 1 heterocycles. The lowest BCUT2D eigenvalue weighted by Crippen LogP contribution is -2.55. The highest BCUT2D eigenvalue weighted by atomic mass is 16.2. The van der Waals surface area contributed by atoms with Crippen molar-refractivity contribution in [3.05, 3.63) is 35.9 Å². The minimum absolute atomic E-state index is 0.248. The number of likely N-dealkylation sites (tertiary alicyclic amines) is 1. The van der Waals surface area contributed by atoms with Gasteiger partial charge in [-0.3, -0.25) is 15.0 Å². The van der Waals surface area contributed by atoms with Crippen LogP contribution in [-0.2, 0) is 4.79 Å². The molecule has 2 N–H and O–H groups in total. The molecule has 5 nitrogen and oxygen atoms in total. The maximum Gasteiger partial charge on any atom is 0.321 e. The Balaban J connectivity index is 1.87. The number of nitrogens with zero attached hydrogens (tertiary/aromatic N) is 1. The zero-order valence-electron chi connectivity index (χ0n) is 13.5. The zero-order valence-corrected chi connectivity index (χ0v) is 13.5. The first-order chi connectivity index (χ1) is 10.5. The lowest BCUT2D eigenvalue weighted by atomic mass is 9.92. The second kappa shape index (κ2) is 7.40. The van der Waals surface area contributed by atoms with Crippen molar-refractivity contribution in [3.63, 3.8) is 0 Å². The summed E-state index contributed by atoms with van der Waals surface area (Å²) < 4.78 is 0. The number of amides is 3. The third kappa shape index (κ3) is 4.07. The monoisotopic (exact) mass is 303 g/mol. The van der Waals surface area contributed by atoms with Gasteiger partial charge in [0.25, 0.3) is 0 Å². The van der Waals surface area contributed by atoms with Crippen molar-refractivity contribution in [1.29, 1.82) is 0 Å². The van der Waals surface area contributed by atoms with Gasteiger partial charge in [-0.15, -0.1) is 0 Å². The van der Waals surface area contributed by atoms with Crippen LogP contribution in [0, 0.1) is 5.92 Å². The first-order valence-corrected chi connectivity index (χ1v) is 7.88. The van der Waals surface area contributed by atoms with Crippen LogP contribution in [0.25, 0.3) is 0 Å². The van der Waals surface area contributed by atoms with Gasteiger partial charge >= 0.3 is 6.03 Å². The van der Waals surface area contributed by atoms with Gasteiger partial charge in [-0.2, -0.15) is 0 Å². The van der Waals surface area contributed by atoms with Gasteiger partial charge in [0.2, 0.25) is 5.91 Å². The molecule has 0 saturated carbocycles. The Morgan fingerprint density at radius 1 is 1.23 bits per heavy atom. The lowest BCUT2D eigenvalue weighted by Gasteiger charge is -2.44. The maximum absolute atomic E-state index is 12.2. The molecular weight excluding hydrogens is 278 g/mol. The smallest absolute Gasteiger partial charge is 0.321 e. The van der Waals surface area contributed by atoms with E-state index in [2.05, 4.69) is 27.7 Å². The van der Waals surface area contributed by atoms with Crippen LogP contribution in [0.1, 0.15) is 38.8 Å². The van der Waals surface area contributed by atoms with Gasteiger partial charge in [0.15, 0.2) is 0 Å². The predicted octanol–water partition coefficient (Wildman–Crippen LogP) is 2.30. The van der Waals surface area contributed by atoms with Gasteiger partial charge in [-0.25, -0.2) is 4.79 Å². The van der Waals surface area contributed by atoms with Crippen LogP contribution in [0.2, 0.25) is 0 Å². The molecule has 0 spiro atoms. The van der Waals surface area contributed by atoms with Crippen molar-refractivity contribution >= 4 is 11.9 Å². The van der Waals surface area contributed by atoms with Crippen LogP contribution in [0.3, 0.4) is 0 Å². The molecule has 1 fully saturated rings. The molecule has 0 aliphatic carbocycles. The SMILES string of the molecule is CC(C)CNC(=O)NC(=O)C(C)N1CCC1c1ccccc1. The minimum Gasteiger partial charge on any atom is -0.338 e. The lowest BCUT2D eigenvalue weighted by molar-refractivity contribution is -0.128. The molecule has 1 aliphatic rings. The third-order valence-corrected chi connectivity index (χ3v) is 4.03. The Labute approximate surface area is 132 Å². The molecule has 1 aliphatic heterocycles. The second-order valence-electron chi connectivity index (χ2n) is 6.22. The minimum atomic E-state index is -0.415. The summed E-state index contributed by atoms with van der Waals surface area (Å²) >= 11 is 0. The van der Waals surface area contributed by atoms with E-state index >= 15 is 0 Å². The molecule has 1 saturated heterocycles. The predicted molar refractivity (Wildman–Crippen MR) is 86.3 cm³/mol. The van der Waals surface area contributed by atoms with Crippen LogP contribution in [-0.4, -0.2) is 36.0 Å². The molecule has 22 heavy (non-hydrogen) atoms. The number of benzene rings is 1. The number of nitrogens with one attached hydrogen (secondary N) is 2. The Morgan fingerprint density at radius 2 is 1.91 bits per heavy atom. The van der Waals surface area contributed by atoms with E-state index in [4.69, 9.17) is 0 Å². The van der Waals surface area contributed by atoms with E-state index in [1.807, 2.05) is 39.0 Å². The number of rotatable bonds is 5. The summed E-state index contributed by atoms with van der Waals surface area (Å²) in [6.07, 6.45) is 1.04. The average molecular weight is 303 g/mol. The molecule has 0 aromatic heterocycles. The molecule has 1 aromatic carbocycles. The summed E-state index contributed by atoms with van der Waals surface area (Å²) in [6.45, 7) is 7.30. The summed E-state index contributed by atoms with van der Waals surface area (Å²) in [5.41, 5.74) is 1.22. The molecule has 0 bridgehead atoms. The van der Waals surface area contributed by atoms with Gasteiger partial charge < -0.3 is 5.32 Å². The highest BCUT2D eigenvalue weighted by Gasteiger charge is 2.36. The molecule has 2 rings (SSSR count). The molecule has 3 amide bonds. The first-order valence-electron chi connectivity index (χ1n) is 7.88. The summed E-state index contributed by atoms with van der Waals surface area (Å²) in [5, 5.41) is 5.12. The third-order valence-electron chi connectivity index (χ3n) is 4.03. The maximum atomic E-state index is 12.2. The highest BCUT2D eigenvalue weighted by Crippen LogP contribution is 2.34. The Morgan fingerprint density at radius 3 is 2.45 bits per heavy atom. The van der Waals surface area contributed by atoms with Crippen LogP contribution < -0.4 is 10.6 Å². The molecule has 2 unspecified atom stereocenters. The number of hydrogen-bond donors (Lipinski definition) is 2. The fourth-order valence-corrected chi connectivity index (χ4v) is 2.61. The molecule has 1 aromatic rings. The highest BCUT2D eigenvalue weighted by molar-refractivity contribution is 5.96. The van der Waals surface area contributed by atoms with Crippen LogP contribution in [0.5, 0.6) is 0 Å². The number of carbonyl (C=O) groups excluding carboxylic acids is 2. The molecule has 120 valence electrons. The van der Waals surface area contributed by atoms with Crippen molar-refractivity contribution in [1.82, 2.24) is 15.5 Å². The fourth-order valence-electron chi connectivity index (χ4n) is 2.61. The van der Waals surface area contributed by atoms with Gasteiger partial charge in [-0.1, -0.05) is 44.2 Å². The van der Waals surface area contributed by atoms with Crippen molar-refractivity contribution in [2.24, 2.45) is 5.92 Å². The number of imide groups is 1. The van der Waals surface area contributed by atoms with E-state index in [-0.39, 0.29) is 18.0 Å². The van der Waals surface area contributed by atoms with Crippen molar-refractivity contribution in [3.8, 4) is 0 Å². The fraction of sp³-hybridized carbons (Fsp3) is 0.529. The Kier molecular flexibility index (Phi) is 5.55. The zero-order chi connectivity index (χ0) is 16.1. The van der Waals surface area contributed by atoms with Crippen molar-refractivity contribution in [2.75, 3.05) is 13.1 Å². The van der Waals surface area contributed by atoms with Gasteiger partial charge in [0, 0.05) is 19.1 Å². The van der Waals surface area contributed by atoms with Crippen LogP contribution in [0.15, 0.2) is 30.3 Å².